The molecule has 1 aliphatic heterocycles. The monoisotopic (exact) mass is 372 g/mol. The Bertz CT molecular complexity index is 861. The van der Waals surface area contributed by atoms with E-state index in [1.807, 2.05) is 39.9 Å². The highest BCUT2D eigenvalue weighted by Gasteiger charge is 2.32. The number of rotatable bonds is 7. The molecule has 2 heterocycles. The molecule has 8 heteroatoms. The van der Waals surface area contributed by atoms with Gasteiger partial charge in [-0.05, 0) is 18.6 Å². The summed E-state index contributed by atoms with van der Waals surface area (Å²) >= 11 is 0. The average molecular weight is 372 g/mol. The van der Waals surface area contributed by atoms with Gasteiger partial charge in [-0.25, -0.2) is 0 Å². The van der Waals surface area contributed by atoms with Crippen LogP contribution in [0.25, 0.3) is 10.9 Å². The van der Waals surface area contributed by atoms with Crippen LogP contribution in [-0.4, -0.2) is 53.0 Å². The summed E-state index contributed by atoms with van der Waals surface area (Å²) in [6, 6.07) is 7.17. The first-order chi connectivity index (χ1) is 13.0. The zero-order chi connectivity index (χ0) is 19.4. The van der Waals surface area contributed by atoms with Crippen LogP contribution in [-0.2, 0) is 32.2 Å². The second-order valence-electron chi connectivity index (χ2n) is 6.55. The molecule has 0 spiro atoms. The number of primary amides is 1. The zero-order valence-electron chi connectivity index (χ0n) is 15.3. The third kappa shape index (κ3) is 4.28. The van der Waals surface area contributed by atoms with E-state index in [0.29, 0.717) is 19.6 Å². The van der Waals surface area contributed by atoms with Crippen molar-refractivity contribution in [1.29, 1.82) is 0 Å². The average Bonchev–Trinajstić information content (AvgIpc) is 2.95. The molecule has 1 aromatic carbocycles. The third-order valence-electron chi connectivity index (χ3n) is 4.68. The van der Waals surface area contributed by atoms with Crippen molar-refractivity contribution in [1.82, 2.24) is 14.8 Å². The molecule has 0 radical (unpaired) electrons. The lowest BCUT2D eigenvalue weighted by molar-refractivity contribution is -0.148. The fraction of sp³-hybridized carbons (Fsp3) is 0.421. The molecular weight excluding hydrogens is 348 g/mol. The Morgan fingerprint density at radius 1 is 1.33 bits per heavy atom. The lowest BCUT2D eigenvalue weighted by Crippen LogP contribution is -2.55. The summed E-state index contributed by atoms with van der Waals surface area (Å²) < 4.78 is 6.83. The minimum atomic E-state index is -0.573. The Kier molecular flexibility index (Phi) is 5.75. The summed E-state index contributed by atoms with van der Waals surface area (Å²) in [5.74, 6) is -0.976. The normalized spacial score (nSPS) is 17.7. The molecule has 3 rings (SSSR count). The molecule has 0 unspecified atom stereocenters. The minimum Gasteiger partial charge on any atom is -0.466 e. The predicted molar refractivity (Wildman–Crippen MR) is 99.6 cm³/mol. The third-order valence-corrected chi connectivity index (χ3v) is 4.68. The van der Waals surface area contributed by atoms with Gasteiger partial charge in [0.25, 0.3) is 0 Å². The van der Waals surface area contributed by atoms with Crippen LogP contribution in [0.4, 0.5) is 0 Å². The first-order valence-electron chi connectivity index (χ1n) is 9.02. The first-order valence-corrected chi connectivity index (χ1v) is 9.02. The lowest BCUT2D eigenvalue weighted by atomic mass is 10.1. The van der Waals surface area contributed by atoms with Crippen molar-refractivity contribution in [2.75, 3.05) is 19.7 Å². The van der Waals surface area contributed by atoms with Crippen LogP contribution in [0.3, 0.4) is 0 Å². The molecule has 1 atom stereocenters. The van der Waals surface area contributed by atoms with Crippen molar-refractivity contribution >= 4 is 28.7 Å². The van der Waals surface area contributed by atoms with Crippen LogP contribution >= 0.6 is 0 Å². The zero-order valence-corrected chi connectivity index (χ0v) is 15.3. The molecule has 0 saturated carbocycles. The summed E-state index contributed by atoms with van der Waals surface area (Å²) in [5, 5.41) is 3.81. The molecule has 2 amide bonds. The van der Waals surface area contributed by atoms with Gasteiger partial charge in [0, 0.05) is 36.7 Å². The summed E-state index contributed by atoms with van der Waals surface area (Å²) in [6.45, 7) is 3.76. The maximum absolute atomic E-state index is 12.3. The quantitative estimate of drug-likeness (QED) is 0.684. The van der Waals surface area contributed by atoms with Crippen LogP contribution in [0.2, 0.25) is 0 Å². The van der Waals surface area contributed by atoms with Gasteiger partial charge in [-0.3, -0.25) is 19.3 Å². The van der Waals surface area contributed by atoms with E-state index < -0.39 is 11.9 Å². The Morgan fingerprint density at radius 3 is 2.85 bits per heavy atom. The second kappa shape index (κ2) is 8.22. The van der Waals surface area contributed by atoms with Gasteiger partial charge in [-0.2, -0.15) is 0 Å². The maximum Gasteiger partial charge on any atom is 0.307 e. The highest BCUT2D eigenvalue weighted by atomic mass is 16.5. The number of para-hydroxylation sites is 1. The van der Waals surface area contributed by atoms with E-state index in [9.17, 15) is 14.4 Å². The van der Waals surface area contributed by atoms with Gasteiger partial charge in [0.05, 0.1) is 13.0 Å². The van der Waals surface area contributed by atoms with E-state index in [-0.39, 0.29) is 31.4 Å². The molecule has 3 N–H and O–H groups in total. The number of nitrogens with zero attached hydrogens (tertiary/aromatic N) is 2. The number of hydrogen-bond donors (Lipinski definition) is 2. The SMILES string of the molecule is CCOC(=O)C[C@@H]1C(=O)NCCN1Cc1cn(CC(N)=O)c2ccccc12. The number of benzene rings is 1. The van der Waals surface area contributed by atoms with Gasteiger partial charge < -0.3 is 20.4 Å². The fourth-order valence-corrected chi connectivity index (χ4v) is 3.52. The smallest absolute Gasteiger partial charge is 0.307 e. The number of fused-ring (bicyclic) bond motifs is 1. The molecule has 1 aromatic heterocycles. The van der Waals surface area contributed by atoms with Gasteiger partial charge in [-0.1, -0.05) is 18.2 Å². The Hall–Kier alpha value is -2.87. The number of nitrogens with one attached hydrogen (secondary N) is 1. The first kappa shape index (κ1) is 18.9. The lowest BCUT2D eigenvalue weighted by Gasteiger charge is -2.34. The number of carbonyl (C=O) groups is 3. The van der Waals surface area contributed by atoms with Crippen LogP contribution in [0.15, 0.2) is 30.5 Å². The number of carbonyl (C=O) groups excluding carboxylic acids is 3. The van der Waals surface area contributed by atoms with Gasteiger partial charge in [0.1, 0.15) is 12.6 Å². The minimum absolute atomic E-state index is 0.0135. The molecule has 27 heavy (non-hydrogen) atoms. The fourth-order valence-electron chi connectivity index (χ4n) is 3.52. The summed E-state index contributed by atoms with van der Waals surface area (Å²) in [7, 11) is 0. The number of piperazine rings is 1. The van der Waals surface area contributed by atoms with Crippen molar-refractivity contribution in [2.24, 2.45) is 5.73 Å². The number of amides is 2. The number of ether oxygens (including phenoxy) is 1. The van der Waals surface area contributed by atoms with Crippen molar-refractivity contribution < 1.29 is 19.1 Å². The van der Waals surface area contributed by atoms with Gasteiger partial charge in [0.15, 0.2) is 0 Å². The highest BCUT2D eigenvalue weighted by molar-refractivity contribution is 5.88. The van der Waals surface area contributed by atoms with Crippen LogP contribution in [0, 0.1) is 0 Å². The summed E-state index contributed by atoms with van der Waals surface area (Å²) in [6.07, 6.45) is 1.91. The number of hydrogen-bond acceptors (Lipinski definition) is 5. The molecule has 8 nitrogen and oxygen atoms in total. The topological polar surface area (TPSA) is 107 Å². The molecule has 144 valence electrons. The molecule has 0 aliphatic carbocycles. The van der Waals surface area contributed by atoms with E-state index >= 15 is 0 Å². The predicted octanol–water partition coefficient (Wildman–Crippen LogP) is 0.380. The number of nitrogens with two attached hydrogens (primary N) is 1. The number of esters is 1. The van der Waals surface area contributed by atoms with Gasteiger partial charge >= 0.3 is 5.97 Å². The largest absolute Gasteiger partial charge is 0.466 e. The van der Waals surface area contributed by atoms with Crippen molar-refractivity contribution in [2.45, 2.75) is 32.5 Å². The van der Waals surface area contributed by atoms with E-state index in [0.717, 1.165) is 16.5 Å². The van der Waals surface area contributed by atoms with Crippen molar-refractivity contribution in [3.05, 3.63) is 36.0 Å². The molecule has 0 bridgehead atoms. The van der Waals surface area contributed by atoms with Crippen molar-refractivity contribution in [3.8, 4) is 0 Å². The van der Waals surface area contributed by atoms with E-state index in [1.54, 1.807) is 6.92 Å². The maximum atomic E-state index is 12.3. The molecule has 1 aliphatic rings. The van der Waals surface area contributed by atoms with E-state index in [4.69, 9.17) is 10.5 Å². The Labute approximate surface area is 157 Å². The molecule has 1 saturated heterocycles. The standard InChI is InChI=1S/C19H24N4O4/c1-2-27-18(25)9-16-19(26)21-7-8-22(16)10-13-11-23(12-17(20)24)15-6-4-3-5-14(13)15/h3-6,11,16H,2,7-10,12H2,1H3,(H2,20,24)(H,21,26)/t16-/m1/s1. The molecular formula is C19H24N4O4. The summed E-state index contributed by atoms with van der Waals surface area (Å²) in [5.41, 5.74) is 7.25. The van der Waals surface area contributed by atoms with Gasteiger partial charge in [-0.15, -0.1) is 0 Å². The molecule has 2 aromatic rings. The van der Waals surface area contributed by atoms with Crippen LogP contribution < -0.4 is 11.1 Å². The second-order valence-corrected chi connectivity index (χ2v) is 6.55. The highest BCUT2D eigenvalue weighted by Crippen LogP contribution is 2.24. The van der Waals surface area contributed by atoms with Crippen LogP contribution in [0.1, 0.15) is 18.9 Å². The van der Waals surface area contributed by atoms with E-state index in [1.165, 1.54) is 0 Å². The van der Waals surface area contributed by atoms with Crippen LogP contribution in [0.5, 0.6) is 0 Å². The van der Waals surface area contributed by atoms with Gasteiger partial charge in [0.2, 0.25) is 11.8 Å². The summed E-state index contributed by atoms with van der Waals surface area (Å²) in [4.78, 5) is 37.6. The molecule has 1 fully saturated rings. The van der Waals surface area contributed by atoms with E-state index in [2.05, 4.69) is 5.32 Å². The Morgan fingerprint density at radius 2 is 2.11 bits per heavy atom. The number of aromatic nitrogens is 1. The van der Waals surface area contributed by atoms with Crippen molar-refractivity contribution in [3.63, 3.8) is 0 Å². The Balaban J connectivity index is 1.87.